The SMILES string of the molecule is CC(C)n1ccc(CC(O)c2cccc(OC(F)F)c2)n1. The summed E-state index contributed by atoms with van der Waals surface area (Å²) in [5.74, 6) is 0.0364. The van der Waals surface area contributed by atoms with Gasteiger partial charge in [0.1, 0.15) is 5.75 Å². The number of hydrogen-bond acceptors (Lipinski definition) is 3. The fourth-order valence-corrected chi connectivity index (χ4v) is 1.99. The van der Waals surface area contributed by atoms with Gasteiger partial charge in [-0.2, -0.15) is 13.9 Å². The quantitative estimate of drug-likeness (QED) is 0.889. The fourth-order valence-electron chi connectivity index (χ4n) is 1.99. The second-order valence-corrected chi connectivity index (χ2v) is 5.05. The van der Waals surface area contributed by atoms with Gasteiger partial charge in [-0.25, -0.2) is 0 Å². The van der Waals surface area contributed by atoms with Gasteiger partial charge in [-0.05, 0) is 37.6 Å². The molecule has 0 fully saturated rings. The van der Waals surface area contributed by atoms with Crippen molar-refractivity contribution in [3.8, 4) is 5.75 Å². The molecule has 0 aliphatic heterocycles. The van der Waals surface area contributed by atoms with E-state index in [-0.39, 0.29) is 11.8 Å². The summed E-state index contributed by atoms with van der Waals surface area (Å²) in [4.78, 5) is 0. The highest BCUT2D eigenvalue weighted by atomic mass is 19.3. The lowest BCUT2D eigenvalue weighted by Gasteiger charge is -2.12. The highest BCUT2D eigenvalue weighted by molar-refractivity contribution is 5.30. The number of nitrogens with zero attached hydrogens (tertiary/aromatic N) is 2. The minimum atomic E-state index is -2.88. The van der Waals surface area contributed by atoms with Crippen molar-refractivity contribution in [2.24, 2.45) is 0 Å². The van der Waals surface area contributed by atoms with Crippen LogP contribution in [0.2, 0.25) is 0 Å². The number of aromatic nitrogens is 2. The van der Waals surface area contributed by atoms with E-state index in [0.29, 0.717) is 12.0 Å². The van der Waals surface area contributed by atoms with E-state index in [2.05, 4.69) is 9.84 Å². The molecule has 1 N–H and O–H groups in total. The lowest BCUT2D eigenvalue weighted by molar-refractivity contribution is -0.0499. The second-order valence-electron chi connectivity index (χ2n) is 5.05. The summed E-state index contributed by atoms with van der Waals surface area (Å²) in [6, 6.07) is 8.17. The number of rotatable bonds is 6. The minimum absolute atomic E-state index is 0.0364. The number of alkyl halides is 2. The van der Waals surface area contributed by atoms with Gasteiger partial charge in [0, 0.05) is 18.7 Å². The topological polar surface area (TPSA) is 47.3 Å². The summed E-state index contributed by atoms with van der Waals surface area (Å²) in [6.07, 6.45) is 1.35. The van der Waals surface area contributed by atoms with Crippen LogP contribution in [0, 0.1) is 0 Å². The zero-order valence-corrected chi connectivity index (χ0v) is 11.9. The Bertz CT molecular complexity index is 585. The maximum atomic E-state index is 12.2. The molecule has 2 rings (SSSR count). The Kier molecular flexibility index (Phi) is 4.90. The summed E-state index contributed by atoms with van der Waals surface area (Å²) in [5.41, 5.74) is 1.27. The van der Waals surface area contributed by atoms with Crippen molar-refractivity contribution < 1.29 is 18.6 Å². The highest BCUT2D eigenvalue weighted by Gasteiger charge is 2.13. The normalized spacial score (nSPS) is 12.9. The van der Waals surface area contributed by atoms with Crippen LogP contribution in [0.5, 0.6) is 5.75 Å². The smallest absolute Gasteiger partial charge is 0.387 e. The lowest BCUT2D eigenvalue weighted by Crippen LogP contribution is -2.06. The molecule has 2 aromatic rings. The van der Waals surface area contributed by atoms with Crippen molar-refractivity contribution in [3.05, 3.63) is 47.8 Å². The van der Waals surface area contributed by atoms with Gasteiger partial charge in [0.25, 0.3) is 0 Å². The average molecular weight is 296 g/mol. The first-order chi connectivity index (χ1) is 9.95. The first kappa shape index (κ1) is 15.4. The van der Waals surface area contributed by atoms with Crippen LogP contribution >= 0.6 is 0 Å². The zero-order valence-electron chi connectivity index (χ0n) is 11.9. The van der Waals surface area contributed by atoms with Gasteiger partial charge in [0.05, 0.1) is 11.8 Å². The third kappa shape index (κ3) is 4.26. The van der Waals surface area contributed by atoms with Gasteiger partial charge < -0.3 is 9.84 Å². The number of ether oxygens (including phenoxy) is 1. The summed E-state index contributed by atoms with van der Waals surface area (Å²) >= 11 is 0. The average Bonchev–Trinajstić information content (AvgIpc) is 2.87. The molecule has 1 heterocycles. The third-order valence-corrected chi connectivity index (χ3v) is 3.06. The number of benzene rings is 1. The molecule has 1 unspecified atom stereocenters. The molecule has 1 atom stereocenters. The summed E-state index contributed by atoms with van der Waals surface area (Å²) in [6.45, 7) is 1.15. The van der Waals surface area contributed by atoms with E-state index >= 15 is 0 Å². The van der Waals surface area contributed by atoms with E-state index in [1.165, 1.54) is 12.1 Å². The van der Waals surface area contributed by atoms with Crippen LogP contribution in [0.1, 0.15) is 37.3 Å². The first-order valence-electron chi connectivity index (χ1n) is 6.72. The summed E-state index contributed by atoms with van der Waals surface area (Å²) in [7, 11) is 0. The van der Waals surface area contributed by atoms with Crippen LogP contribution in [0.25, 0.3) is 0 Å². The molecule has 21 heavy (non-hydrogen) atoms. The molecule has 0 spiro atoms. The standard InChI is InChI=1S/C15H18F2N2O2/c1-10(2)19-7-6-12(18-19)9-14(20)11-4-3-5-13(8-11)21-15(16)17/h3-8,10,14-15,20H,9H2,1-2H3. The molecule has 6 heteroatoms. The number of hydrogen-bond donors (Lipinski definition) is 1. The summed E-state index contributed by atoms with van der Waals surface area (Å²) < 4.78 is 30.5. The number of aliphatic hydroxyl groups is 1. The molecule has 0 amide bonds. The first-order valence-corrected chi connectivity index (χ1v) is 6.72. The van der Waals surface area contributed by atoms with Gasteiger partial charge in [-0.3, -0.25) is 4.68 Å². The maximum absolute atomic E-state index is 12.2. The van der Waals surface area contributed by atoms with Crippen LogP contribution in [-0.4, -0.2) is 21.5 Å². The van der Waals surface area contributed by atoms with E-state index in [0.717, 1.165) is 5.69 Å². The molecule has 0 saturated carbocycles. The van der Waals surface area contributed by atoms with Crippen molar-refractivity contribution in [2.75, 3.05) is 0 Å². The van der Waals surface area contributed by atoms with Gasteiger partial charge in [0.2, 0.25) is 0 Å². The Hall–Kier alpha value is -1.95. The number of halogens is 2. The van der Waals surface area contributed by atoms with Crippen molar-refractivity contribution >= 4 is 0 Å². The van der Waals surface area contributed by atoms with Crippen LogP contribution < -0.4 is 4.74 Å². The van der Waals surface area contributed by atoms with Crippen molar-refractivity contribution in [1.29, 1.82) is 0 Å². The van der Waals surface area contributed by atoms with E-state index in [4.69, 9.17) is 0 Å². The van der Waals surface area contributed by atoms with Crippen LogP contribution in [0.15, 0.2) is 36.5 Å². The van der Waals surface area contributed by atoms with Crippen LogP contribution in [0.3, 0.4) is 0 Å². The van der Waals surface area contributed by atoms with Crippen molar-refractivity contribution in [2.45, 2.75) is 39.0 Å². The largest absolute Gasteiger partial charge is 0.435 e. The number of aliphatic hydroxyl groups excluding tert-OH is 1. The van der Waals surface area contributed by atoms with E-state index in [1.807, 2.05) is 26.1 Å². The third-order valence-electron chi connectivity index (χ3n) is 3.06. The van der Waals surface area contributed by atoms with Gasteiger partial charge in [0.15, 0.2) is 0 Å². The van der Waals surface area contributed by atoms with Gasteiger partial charge >= 0.3 is 6.61 Å². The molecule has 1 aromatic heterocycles. The second kappa shape index (κ2) is 6.67. The molecule has 0 saturated heterocycles. The summed E-state index contributed by atoms with van der Waals surface area (Å²) in [5, 5.41) is 14.5. The lowest BCUT2D eigenvalue weighted by atomic mass is 10.0. The molecular formula is C15H18F2N2O2. The monoisotopic (exact) mass is 296 g/mol. The molecule has 0 aliphatic rings. The Labute approximate surface area is 122 Å². The molecule has 114 valence electrons. The molecule has 4 nitrogen and oxygen atoms in total. The predicted molar refractivity (Wildman–Crippen MR) is 74.3 cm³/mol. The van der Waals surface area contributed by atoms with Gasteiger partial charge in [-0.15, -0.1) is 0 Å². The Balaban J connectivity index is 2.06. The Morgan fingerprint density at radius 2 is 2.05 bits per heavy atom. The van der Waals surface area contributed by atoms with E-state index in [9.17, 15) is 13.9 Å². The minimum Gasteiger partial charge on any atom is -0.435 e. The molecule has 0 radical (unpaired) electrons. The zero-order chi connectivity index (χ0) is 15.4. The molecular weight excluding hydrogens is 278 g/mol. The molecule has 0 aliphatic carbocycles. The highest BCUT2D eigenvalue weighted by Crippen LogP contribution is 2.23. The van der Waals surface area contributed by atoms with Crippen molar-refractivity contribution in [1.82, 2.24) is 9.78 Å². The van der Waals surface area contributed by atoms with Crippen molar-refractivity contribution in [3.63, 3.8) is 0 Å². The molecule has 0 bridgehead atoms. The van der Waals surface area contributed by atoms with E-state index in [1.54, 1.807) is 16.8 Å². The van der Waals surface area contributed by atoms with Gasteiger partial charge in [-0.1, -0.05) is 12.1 Å². The molecule has 1 aromatic carbocycles. The van der Waals surface area contributed by atoms with Crippen LogP contribution in [0.4, 0.5) is 8.78 Å². The maximum Gasteiger partial charge on any atom is 0.387 e. The fraction of sp³-hybridized carbons (Fsp3) is 0.400. The van der Waals surface area contributed by atoms with Crippen LogP contribution in [-0.2, 0) is 6.42 Å². The predicted octanol–water partition coefficient (Wildman–Crippen LogP) is 3.34. The Morgan fingerprint density at radius 1 is 1.29 bits per heavy atom. The van der Waals surface area contributed by atoms with E-state index < -0.39 is 12.7 Å². The Morgan fingerprint density at radius 3 is 2.67 bits per heavy atom.